The molecule has 4 heteroatoms. The van der Waals surface area contributed by atoms with Crippen molar-refractivity contribution < 1.29 is 13.9 Å². The largest absolute Gasteiger partial charge is 0.453 e. The highest BCUT2D eigenvalue weighted by atomic mass is 127. The molecule has 16 heavy (non-hydrogen) atoms. The van der Waals surface area contributed by atoms with Gasteiger partial charge in [-0.3, -0.25) is 4.79 Å². The van der Waals surface area contributed by atoms with Crippen LogP contribution in [0.5, 0.6) is 0 Å². The van der Waals surface area contributed by atoms with E-state index in [1.54, 1.807) is 12.1 Å². The molecule has 0 amide bonds. The van der Waals surface area contributed by atoms with Crippen LogP contribution in [0, 0.1) is 5.82 Å². The number of halogens is 2. The summed E-state index contributed by atoms with van der Waals surface area (Å²) < 4.78 is 19.0. The molecule has 0 aliphatic carbocycles. The van der Waals surface area contributed by atoms with Gasteiger partial charge in [0, 0.05) is 10.8 Å². The second kappa shape index (κ2) is 4.69. The third-order valence-corrected chi connectivity index (χ3v) is 4.09. The van der Waals surface area contributed by atoms with Gasteiger partial charge < -0.3 is 4.74 Å². The Morgan fingerprint density at radius 3 is 2.62 bits per heavy atom. The fraction of sp³-hybridized carbons (Fsp3) is 0.417. The van der Waals surface area contributed by atoms with Crippen molar-refractivity contribution in [1.29, 1.82) is 0 Å². The lowest BCUT2D eigenvalue weighted by Gasteiger charge is -2.35. The van der Waals surface area contributed by atoms with E-state index in [1.165, 1.54) is 12.1 Å². The lowest BCUT2D eigenvalue weighted by Crippen LogP contribution is -2.37. The average molecular weight is 334 g/mol. The molecule has 1 atom stereocenters. The van der Waals surface area contributed by atoms with E-state index in [-0.39, 0.29) is 11.8 Å². The summed E-state index contributed by atoms with van der Waals surface area (Å²) in [5.41, 5.74) is 0.334. The molecule has 0 unspecified atom stereocenters. The molecule has 1 aliphatic rings. The molecule has 0 radical (unpaired) electrons. The zero-order chi connectivity index (χ0) is 11.6. The van der Waals surface area contributed by atoms with Gasteiger partial charge in [0.2, 0.25) is 0 Å². The van der Waals surface area contributed by atoms with Crippen molar-refractivity contribution in [3.63, 3.8) is 0 Å². The molecule has 1 aliphatic heterocycles. The van der Waals surface area contributed by atoms with Gasteiger partial charge in [-0.1, -0.05) is 34.7 Å². The Labute approximate surface area is 107 Å². The Bertz CT molecular complexity index is 391. The second-order valence-corrected chi connectivity index (χ2v) is 4.73. The molecule has 0 saturated carbocycles. The van der Waals surface area contributed by atoms with Crippen LogP contribution in [0.3, 0.4) is 0 Å². The first-order valence-corrected chi connectivity index (χ1v) is 6.73. The Morgan fingerprint density at radius 2 is 2.06 bits per heavy atom. The molecule has 86 valence electrons. The van der Waals surface area contributed by atoms with E-state index < -0.39 is 5.60 Å². The maximum atomic E-state index is 12.8. The molecule has 1 heterocycles. The summed E-state index contributed by atoms with van der Waals surface area (Å²) in [6.07, 6.45) is 2.13. The van der Waals surface area contributed by atoms with E-state index in [9.17, 15) is 9.18 Å². The first kappa shape index (κ1) is 11.8. The molecule has 1 aromatic carbocycles. The highest BCUT2D eigenvalue weighted by Crippen LogP contribution is 2.37. The van der Waals surface area contributed by atoms with Gasteiger partial charge in [-0.15, -0.1) is 0 Å². The van der Waals surface area contributed by atoms with Crippen molar-refractivity contribution in [3.8, 4) is 0 Å². The lowest BCUT2D eigenvalue weighted by molar-refractivity contribution is -0.165. The number of carbonyl (C=O) groups excluding carboxylic acids is 1. The highest BCUT2D eigenvalue weighted by molar-refractivity contribution is 14.1. The number of benzene rings is 1. The SMILES string of the molecule is O=C1CCC[C@](CI)(c2ccc(F)cc2)O1. The zero-order valence-electron chi connectivity index (χ0n) is 8.71. The predicted molar refractivity (Wildman–Crippen MR) is 66.9 cm³/mol. The van der Waals surface area contributed by atoms with Crippen LogP contribution in [0.15, 0.2) is 24.3 Å². The minimum absolute atomic E-state index is 0.160. The van der Waals surface area contributed by atoms with Crippen LogP contribution in [0.2, 0.25) is 0 Å². The van der Waals surface area contributed by atoms with Crippen molar-refractivity contribution in [2.45, 2.75) is 24.9 Å². The number of cyclic esters (lactones) is 1. The van der Waals surface area contributed by atoms with Gasteiger partial charge in [-0.05, 0) is 30.5 Å². The smallest absolute Gasteiger partial charge is 0.306 e. The van der Waals surface area contributed by atoms with Crippen molar-refractivity contribution in [2.24, 2.45) is 0 Å². The number of ether oxygens (including phenoxy) is 1. The number of hydrogen-bond donors (Lipinski definition) is 0. The van der Waals surface area contributed by atoms with E-state index >= 15 is 0 Å². The van der Waals surface area contributed by atoms with Crippen LogP contribution < -0.4 is 0 Å². The van der Waals surface area contributed by atoms with Gasteiger partial charge in [-0.25, -0.2) is 4.39 Å². The minimum atomic E-state index is -0.552. The number of hydrogen-bond acceptors (Lipinski definition) is 2. The fourth-order valence-corrected chi connectivity index (χ4v) is 2.94. The van der Waals surface area contributed by atoms with E-state index in [0.29, 0.717) is 10.8 Å². The van der Waals surface area contributed by atoms with Gasteiger partial charge in [-0.2, -0.15) is 0 Å². The van der Waals surface area contributed by atoms with Gasteiger partial charge in [0.05, 0.1) is 0 Å². The van der Waals surface area contributed by atoms with Gasteiger partial charge in [0.15, 0.2) is 0 Å². The summed E-state index contributed by atoms with van der Waals surface area (Å²) in [7, 11) is 0. The van der Waals surface area contributed by atoms with Crippen LogP contribution >= 0.6 is 22.6 Å². The number of esters is 1. The van der Waals surface area contributed by atoms with Crippen LogP contribution in [0.25, 0.3) is 0 Å². The summed E-state index contributed by atoms with van der Waals surface area (Å²) in [6.45, 7) is 0. The molecule has 0 aromatic heterocycles. The highest BCUT2D eigenvalue weighted by Gasteiger charge is 2.38. The Hall–Kier alpha value is -0.650. The summed E-state index contributed by atoms with van der Waals surface area (Å²) >= 11 is 2.21. The second-order valence-electron chi connectivity index (χ2n) is 3.96. The van der Waals surface area contributed by atoms with E-state index in [1.807, 2.05) is 0 Å². The number of carbonyl (C=O) groups is 1. The van der Waals surface area contributed by atoms with Crippen LogP contribution in [-0.2, 0) is 15.1 Å². The van der Waals surface area contributed by atoms with Gasteiger partial charge >= 0.3 is 5.97 Å². The molecule has 0 spiro atoms. The van der Waals surface area contributed by atoms with Gasteiger partial charge in [0.25, 0.3) is 0 Å². The number of alkyl halides is 1. The maximum Gasteiger partial charge on any atom is 0.306 e. The Kier molecular flexibility index (Phi) is 3.47. The third-order valence-electron chi connectivity index (χ3n) is 2.86. The summed E-state index contributed by atoms with van der Waals surface area (Å²) in [5.74, 6) is -0.429. The maximum absolute atomic E-state index is 12.8. The molecular formula is C12H12FIO2. The van der Waals surface area contributed by atoms with Crippen LogP contribution in [-0.4, -0.2) is 10.4 Å². The lowest BCUT2D eigenvalue weighted by atomic mass is 9.88. The van der Waals surface area contributed by atoms with Crippen LogP contribution in [0.4, 0.5) is 4.39 Å². The molecule has 0 N–H and O–H groups in total. The number of rotatable bonds is 2. The normalized spacial score (nSPS) is 25.2. The molecule has 0 bridgehead atoms. The third kappa shape index (κ3) is 2.21. The van der Waals surface area contributed by atoms with E-state index in [0.717, 1.165) is 18.4 Å². The summed E-state index contributed by atoms with van der Waals surface area (Å²) in [4.78, 5) is 11.4. The Morgan fingerprint density at radius 1 is 1.38 bits per heavy atom. The topological polar surface area (TPSA) is 26.3 Å². The van der Waals surface area contributed by atoms with E-state index in [4.69, 9.17) is 4.74 Å². The molecule has 2 nitrogen and oxygen atoms in total. The minimum Gasteiger partial charge on any atom is -0.453 e. The molecule has 1 fully saturated rings. The van der Waals surface area contributed by atoms with Crippen molar-refractivity contribution >= 4 is 28.6 Å². The van der Waals surface area contributed by atoms with Crippen molar-refractivity contribution in [2.75, 3.05) is 4.43 Å². The van der Waals surface area contributed by atoms with Gasteiger partial charge in [0.1, 0.15) is 11.4 Å². The van der Waals surface area contributed by atoms with Crippen LogP contribution in [0.1, 0.15) is 24.8 Å². The molecule has 2 rings (SSSR count). The first-order chi connectivity index (χ1) is 7.66. The molecule has 1 saturated heterocycles. The zero-order valence-corrected chi connectivity index (χ0v) is 10.9. The molecular weight excluding hydrogens is 322 g/mol. The Balaban J connectivity index is 2.33. The predicted octanol–water partition coefficient (Wildman–Crippen LogP) is 3.18. The fourth-order valence-electron chi connectivity index (χ4n) is 1.97. The average Bonchev–Trinajstić information content (AvgIpc) is 2.29. The standard InChI is InChI=1S/C12H12FIO2/c13-10-5-3-9(4-6-10)12(8-14)7-1-2-11(15)16-12/h3-6H,1-2,7-8H2/t12-/m0/s1. The van der Waals surface area contributed by atoms with Crippen molar-refractivity contribution in [1.82, 2.24) is 0 Å². The summed E-state index contributed by atoms with van der Waals surface area (Å²) in [5, 5.41) is 0. The van der Waals surface area contributed by atoms with E-state index in [2.05, 4.69) is 22.6 Å². The monoisotopic (exact) mass is 334 g/mol. The quantitative estimate of drug-likeness (QED) is 0.472. The first-order valence-electron chi connectivity index (χ1n) is 5.20. The molecule has 1 aromatic rings. The van der Waals surface area contributed by atoms with Crippen molar-refractivity contribution in [3.05, 3.63) is 35.6 Å². The summed E-state index contributed by atoms with van der Waals surface area (Å²) in [6, 6.07) is 6.22.